The van der Waals surface area contributed by atoms with E-state index >= 15 is 0 Å². The van der Waals surface area contributed by atoms with Gasteiger partial charge in [0.2, 0.25) is 0 Å². The maximum absolute atomic E-state index is 10.8. The van der Waals surface area contributed by atoms with Crippen LogP contribution in [0.15, 0.2) is 24.3 Å². The van der Waals surface area contributed by atoms with Crippen LogP contribution in [0.2, 0.25) is 0 Å². The lowest BCUT2D eigenvalue weighted by Gasteiger charge is -2.43. The van der Waals surface area contributed by atoms with Crippen molar-refractivity contribution < 1.29 is 9.84 Å². The molecule has 1 N–H and O–H groups in total. The van der Waals surface area contributed by atoms with Gasteiger partial charge in [0.05, 0.1) is 17.8 Å². The topological polar surface area (TPSA) is 29.5 Å². The van der Waals surface area contributed by atoms with Crippen LogP contribution < -0.4 is 0 Å². The number of hydrogen-bond acceptors (Lipinski definition) is 2. The van der Waals surface area contributed by atoms with Crippen LogP contribution in [0.4, 0.5) is 0 Å². The highest BCUT2D eigenvalue weighted by molar-refractivity contribution is 5.24. The van der Waals surface area contributed by atoms with E-state index in [9.17, 15) is 5.11 Å². The van der Waals surface area contributed by atoms with Crippen LogP contribution in [-0.2, 0) is 17.6 Å². The lowest BCUT2D eigenvalue weighted by atomic mass is 9.78. The molecule has 2 unspecified atom stereocenters. The van der Waals surface area contributed by atoms with E-state index in [1.165, 1.54) is 11.1 Å². The quantitative estimate of drug-likeness (QED) is 0.900. The molecule has 2 atom stereocenters. The van der Waals surface area contributed by atoms with Crippen LogP contribution in [0.25, 0.3) is 0 Å². The van der Waals surface area contributed by atoms with E-state index in [2.05, 4.69) is 45.0 Å². The standard InChI is InChI=1S/C17H26O2/c1-4-14-6-8-15(9-7-14)12-17(18)10-11-19-16(3,5-2)13-17/h6-9,18H,4-5,10-13H2,1-3H3. The molecule has 106 valence electrons. The Balaban J connectivity index is 2.07. The number of benzene rings is 1. The molecule has 1 aromatic carbocycles. The smallest absolute Gasteiger partial charge is 0.0737 e. The van der Waals surface area contributed by atoms with Gasteiger partial charge < -0.3 is 9.84 Å². The Hall–Kier alpha value is -0.860. The molecule has 19 heavy (non-hydrogen) atoms. The van der Waals surface area contributed by atoms with E-state index in [0.717, 1.165) is 32.1 Å². The van der Waals surface area contributed by atoms with Gasteiger partial charge in [0.25, 0.3) is 0 Å². The molecule has 0 aromatic heterocycles. The molecule has 2 nitrogen and oxygen atoms in total. The third-order valence-corrected chi connectivity index (χ3v) is 4.43. The second-order valence-electron chi connectivity index (χ2n) is 6.15. The maximum Gasteiger partial charge on any atom is 0.0737 e. The summed E-state index contributed by atoms with van der Waals surface area (Å²) in [4.78, 5) is 0. The first kappa shape index (κ1) is 14.5. The average molecular weight is 262 g/mol. The normalized spacial score (nSPS) is 31.4. The van der Waals surface area contributed by atoms with Crippen LogP contribution in [0, 0.1) is 0 Å². The van der Waals surface area contributed by atoms with E-state index in [4.69, 9.17) is 4.74 Å². The molecule has 1 saturated heterocycles. The fourth-order valence-corrected chi connectivity index (χ4v) is 2.97. The Labute approximate surface area is 116 Å². The minimum Gasteiger partial charge on any atom is -0.389 e. The maximum atomic E-state index is 10.8. The van der Waals surface area contributed by atoms with Crippen molar-refractivity contribution in [3.05, 3.63) is 35.4 Å². The lowest BCUT2D eigenvalue weighted by Crippen LogP contribution is -2.48. The summed E-state index contributed by atoms with van der Waals surface area (Å²) in [6.07, 6.45) is 4.20. The molecule has 0 aliphatic carbocycles. The van der Waals surface area contributed by atoms with Crippen molar-refractivity contribution in [3.63, 3.8) is 0 Å². The van der Waals surface area contributed by atoms with Gasteiger partial charge in [-0.25, -0.2) is 0 Å². The molecule has 0 bridgehead atoms. The first-order valence-corrected chi connectivity index (χ1v) is 7.43. The minimum atomic E-state index is -0.614. The molecular formula is C17H26O2. The average Bonchev–Trinajstić information content (AvgIpc) is 2.39. The molecule has 0 spiro atoms. The Morgan fingerprint density at radius 1 is 1.16 bits per heavy atom. The Morgan fingerprint density at radius 3 is 2.37 bits per heavy atom. The van der Waals surface area contributed by atoms with E-state index in [0.29, 0.717) is 6.61 Å². The summed E-state index contributed by atoms with van der Waals surface area (Å²) in [5.41, 5.74) is 1.79. The highest BCUT2D eigenvalue weighted by Crippen LogP contribution is 2.36. The summed E-state index contributed by atoms with van der Waals surface area (Å²) in [5.74, 6) is 0. The summed E-state index contributed by atoms with van der Waals surface area (Å²) in [5, 5.41) is 10.8. The molecule has 1 aliphatic heterocycles. The molecule has 0 saturated carbocycles. The van der Waals surface area contributed by atoms with Gasteiger partial charge in [-0.3, -0.25) is 0 Å². The van der Waals surface area contributed by atoms with Crippen molar-refractivity contribution in [1.82, 2.24) is 0 Å². The van der Waals surface area contributed by atoms with Gasteiger partial charge in [-0.15, -0.1) is 0 Å². The predicted octanol–water partition coefficient (Wildman–Crippen LogP) is 3.50. The van der Waals surface area contributed by atoms with Gasteiger partial charge in [-0.05, 0) is 37.3 Å². The zero-order valence-corrected chi connectivity index (χ0v) is 12.4. The minimum absolute atomic E-state index is 0.170. The SMILES string of the molecule is CCc1ccc(CC2(O)CCOC(C)(CC)C2)cc1. The van der Waals surface area contributed by atoms with E-state index < -0.39 is 5.60 Å². The number of aliphatic hydroxyl groups is 1. The van der Waals surface area contributed by atoms with Gasteiger partial charge in [0.1, 0.15) is 0 Å². The molecule has 2 heteroatoms. The van der Waals surface area contributed by atoms with Crippen molar-refractivity contribution in [3.8, 4) is 0 Å². The highest BCUT2D eigenvalue weighted by Gasteiger charge is 2.40. The summed E-state index contributed by atoms with van der Waals surface area (Å²) < 4.78 is 5.82. The summed E-state index contributed by atoms with van der Waals surface area (Å²) >= 11 is 0. The Bertz CT molecular complexity index is 412. The molecule has 2 rings (SSSR count). The third kappa shape index (κ3) is 3.58. The molecular weight excluding hydrogens is 236 g/mol. The first-order valence-electron chi connectivity index (χ1n) is 7.43. The van der Waals surface area contributed by atoms with E-state index in [-0.39, 0.29) is 5.60 Å². The fourth-order valence-electron chi connectivity index (χ4n) is 2.97. The lowest BCUT2D eigenvalue weighted by molar-refractivity contribution is -0.152. The van der Waals surface area contributed by atoms with Crippen LogP contribution >= 0.6 is 0 Å². The van der Waals surface area contributed by atoms with Crippen LogP contribution in [-0.4, -0.2) is 22.9 Å². The zero-order chi connectivity index (χ0) is 13.9. The molecule has 1 aromatic rings. The van der Waals surface area contributed by atoms with Gasteiger partial charge >= 0.3 is 0 Å². The summed E-state index contributed by atoms with van der Waals surface area (Å²) in [6.45, 7) is 7.06. The van der Waals surface area contributed by atoms with Crippen molar-refractivity contribution in [2.75, 3.05) is 6.61 Å². The molecule has 1 aliphatic rings. The molecule has 0 radical (unpaired) electrons. The van der Waals surface area contributed by atoms with Crippen LogP contribution in [0.3, 0.4) is 0 Å². The van der Waals surface area contributed by atoms with Crippen LogP contribution in [0.5, 0.6) is 0 Å². The highest BCUT2D eigenvalue weighted by atomic mass is 16.5. The molecule has 0 amide bonds. The largest absolute Gasteiger partial charge is 0.389 e. The van der Waals surface area contributed by atoms with Gasteiger partial charge in [0.15, 0.2) is 0 Å². The van der Waals surface area contributed by atoms with Crippen molar-refractivity contribution >= 4 is 0 Å². The number of ether oxygens (including phenoxy) is 1. The number of hydrogen-bond donors (Lipinski definition) is 1. The van der Waals surface area contributed by atoms with Crippen LogP contribution in [0.1, 0.15) is 51.2 Å². The van der Waals surface area contributed by atoms with Crippen molar-refractivity contribution in [2.24, 2.45) is 0 Å². The van der Waals surface area contributed by atoms with Gasteiger partial charge in [0, 0.05) is 12.8 Å². The fraction of sp³-hybridized carbons (Fsp3) is 0.647. The van der Waals surface area contributed by atoms with Gasteiger partial charge in [-0.2, -0.15) is 0 Å². The third-order valence-electron chi connectivity index (χ3n) is 4.43. The summed E-state index contributed by atoms with van der Waals surface area (Å²) in [7, 11) is 0. The zero-order valence-electron chi connectivity index (χ0n) is 12.4. The van der Waals surface area contributed by atoms with Crippen molar-refractivity contribution in [1.29, 1.82) is 0 Å². The van der Waals surface area contributed by atoms with E-state index in [1.54, 1.807) is 0 Å². The molecule has 1 heterocycles. The molecule has 1 fully saturated rings. The number of aryl methyl sites for hydroxylation is 1. The number of rotatable bonds is 4. The monoisotopic (exact) mass is 262 g/mol. The van der Waals surface area contributed by atoms with E-state index in [1.807, 2.05) is 0 Å². The Kier molecular flexibility index (Phi) is 4.32. The predicted molar refractivity (Wildman–Crippen MR) is 78.4 cm³/mol. The Morgan fingerprint density at radius 2 is 1.79 bits per heavy atom. The first-order chi connectivity index (χ1) is 8.99. The van der Waals surface area contributed by atoms with Gasteiger partial charge in [-0.1, -0.05) is 38.1 Å². The summed E-state index contributed by atoms with van der Waals surface area (Å²) in [6, 6.07) is 8.62. The second-order valence-corrected chi connectivity index (χ2v) is 6.15. The second kappa shape index (κ2) is 5.64. The van der Waals surface area contributed by atoms with Crippen molar-refractivity contribution in [2.45, 2.75) is 64.1 Å².